The fraction of sp³-hybridized carbons (Fsp3) is 0.571. The summed E-state index contributed by atoms with van der Waals surface area (Å²) in [5.41, 5.74) is 2.17. The molecule has 3 N–H and O–H groups in total. The maximum Gasteiger partial charge on any atom is 0.416 e. The van der Waals surface area contributed by atoms with E-state index < -0.39 is 17.8 Å². The summed E-state index contributed by atoms with van der Waals surface area (Å²) in [4.78, 5) is 0. The van der Waals surface area contributed by atoms with Crippen molar-refractivity contribution in [3.8, 4) is 0 Å². The Morgan fingerprint density at radius 1 is 1.25 bits per heavy atom. The fourth-order valence-electron chi connectivity index (χ4n) is 3.50. The molecule has 0 saturated carbocycles. The van der Waals surface area contributed by atoms with Crippen LogP contribution in [0.3, 0.4) is 0 Å². The van der Waals surface area contributed by atoms with Gasteiger partial charge in [0.15, 0.2) is 0 Å². The quantitative estimate of drug-likeness (QED) is 0.663. The molecule has 0 aliphatic carbocycles. The number of hydrogen-bond acceptors (Lipinski definition) is 3. The van der Waals surface area contributed by atoms with Crippen molar-refractivity contribution in [2.45, 2.75) is 43.7 Å². The van der Waals surface area contributed by atoms with Crippen molar-refractivity contribution >= 4 is 0 Å². The van der Waals surface area contributed by atoms with Crippen LogP contribution in [-0.2, 0) is 10.9 Å². The van der Waals surface area contributed by atoms with Crippen molar-refractivity contribution in [2.24, 2.45) is 11.8 Å². The number of fused-ring (bicyclic) bond motifs is 2. The lowest BCUT2D eigenvalue weighted by atomic mass is 9.80. The standard InChI is InChI=1S/C14H17F3N2O/c15-14(16,17)11-4-2-1-3-9(11)13(19-18)10-7-8-5-6-12(10)20-8/h1-4,8,10,12-13,19H,5-7,18H2. The van der Waals surface area contributed by atoms with Crippen LogP contribution < -0.4 is 11.3 Å². The minimum atomic E-state index is -4.37. The molecule has 2 heterocycles. The number of halogens is 3. The van der Waals surface area contributed by atoms with E-state index in [0.29, 0.717) is 0 Å². The van der Waals surface area contributed by atoms with Gasteiger partial charge in [0.25, 0.3) is 0 Å². The Bertz CT molecular complexity index is 492. The molecule has 0 aromatic heterocycles. The molecular weight excluding hydrogens is 269 g/mol. The van der Waals surface area contributed by atoms with Crippen LogP contribution in [0.5, 0.6) is 0 Å². The van der Waals surface area contributed by atoms with Crippen LogP contribution in [0, 0.1) is 5.92 Å². The van der Waals surface area contributed by atoms with Gasteiger partial charge in [-0.05, 0) is 30.9 Å². The van der Waals surface area contributed by atoms with Gasteiger partial charge in [-0.2, -0.15) is 13.2 Å². The number of nitrogens with one attached hydrogen (secondary N) is 1. The predicted molar refractivity (Wildman–Crippen MR) is 67.5 cm³/mol. The highest BCUT2D eigenvalue weighted by molar-refractivity contribution is 5.33. The Labute approximate surface area is 115 Å². The first kappa shape index (κ1) is 13.9. The van der Waals surface area contributed by atoms with Crippen LogP contribution in [-0.4, -0.2) is 12.2 Å². The maximum atomic E-state index is 13.1. The van der Waals surface area contributed by atoms with Gasteiger partial charge in [0.1, 0.15) is 0 Å². The molecule has 4 unspecified atom stereocenters. The zero-order valence-corrected chi connectivity index (χ0v) is 10.9. The summed E-state index contributed by atoms with van der Waals surface area (Å²) in [5, 5.41) is 0. The molecule has 2 aliphatic rings. The Kier molecular flexibility index (Phi) is 3.48. The van der Waals surface area contributed by atoms with Gasteiger partial charge in [-0.25, -0.2) is 0 Å². The second kappa shape index (κ2) is 5.02. The highest BCUT2D eigenvalue weighted by Crippen LogP contribution is 2.46. The van der Waals surface area contributed by atoms with Gasteiger partial charge in [0.2, 0.25) is 0 Å². The summed E-state index contributed by atoms with van der Waals surface area (Å²) in [7, 11) is 0. The van der Waals surface area contributed by atoms with Crippen molar-refractivity contribution in [2.75, 3.05) is 0 Å². The van der Waals surface area contributed by atoms with Crippen molar-refractivity contribution in [1.82, 2.24) is 5.43 Å². The fourth-order valence-corrected chi connectivity index (χ4v) is 3.50. The summed E-state index contributed by atoms with van der Waals surface area (Å²) in [5.74, 6) is 5.56. The molecule has 4 atom stereocenters. The minimum absolute atomic E-state index is 0.00208. The van der Waals surface area contributed by atoms with Crippen LogP contribution in [0.25, 0.3) is 0 Å². The molecule has 2 fully saturated rings. The SMILES string of the molecule is NNC(c1ccccc1C(F)(F)F)C1CC2CCC1O2. The Morgan fingerprint density at radius 2 is 2.00 bits per heavy atom. The molecule has 110 valence electrons. The van der Waals surface area contributed by atoms with E-state index in [1.54, 1.807) is 6.07 Å². The molecule has 2 saturated heterocycles. The third-order valence-electron chi connectivity index (χ3n) is 4.36. The monoisotopic (exact) mass is 286 g/mol. The second-order valence-electron chi connectivity index (χ2n) is 5.50. The molecular formula is C14H17F3N2O. The summed E-state index contributed by atoms with van der Waals surface area (Å²) in [6.45, 7) is 0. The summed E-state index contributed by atoms with van der Waals surface area (Å²) < 4.78 is 45.1. The number of benzene rings is 1. The van der Waals surface area contributed by atoms with Gasteiger partial charge in [0.05, 0.1) is 23.8 Å². The largest absolute Gasteiger partial charge is 0.416 e. The summed E-state index contributed by atoms with van der Waals surface area (Å²) >= 11 is 0. The van der Waals surface area contributed by atoms with Crippen LogP contribution in [0.1, 0.15) is 36.4 Å². The molecule has 1 aromatic carbocycles. The third kappa shape index (κ3) is 2.32. The van der Waals surface area contributed by atoms with Gasteiger partial charge >= 0.3 is 6.18 Å². The van der Waals surface area contributed by atoms with Gasteiger partial charge in [-0.3, -0.25) is 11.3 Å². The molecule has 2 bridgehead atoms. The van der Waals surface area contributed by atoms with Crippen molar-refractivity contribution in [3.63, 3.8) is 0 Å². The summed E-state index contributed by atoms with van der Waals surface area (Å²) in [6.07, 6.45) is -1.50. The molecule has 6 heteroatoms. The van der Waals surface area contributed by atoms with Crippen LogP contribution in [0.2, 0.25) is 0 Å². The van der Waals surface area contributed by atoms with Crippen LogP contribution >= 0.6 is 0 Å². The first-order chi connectivity index (χ1) is 9.50. The van der Waals surface area contributed by atoms with Crippen molar-refractivity contribution < 1.29 is 17.9 Å². The zero-order valence-electron chi connectivity index (χ0n) is 10.9. The number of hydrogen-bond donors (Lipinski definition) is 2. The first-order valence-corrected chi connectivity index (χ1v) is 6.78. The van der Waals surface area contributed by atoms with E-state index in [2.05, 4.69) is 5.43 Å². The van der Waals surface area contributed by atoms with Crippen LogP contribution in [0.15, 0.2) is 24.3 Å². The van der Waals surface area contributed by atoms with E-state index in [9.17, 15) is 13.2 Å². The van der Waals surface area contributed by atoms with Crippen molar-refractivity contribution in [1.29, 1.82) is 0 Å². The summed E-state index contributed by atoms with van der Waals surface area (Å²) in [6, 6.07) is 5.09. The molecule has 2 aliphatic heterocycles. The number of rotatable bonds is 3. The first-order valence-electron chi connectivity index (χ1n) is 6.78. The predicted octanol–water partition coefficient (Wildman–Crippen LogP) is 2.78. The van der Waals surface area contributed by atoms with E-state index >= 15 is 0 Å². The minimum Gasteiger partial charge on any atom is -0.375 e. The van der Waals surface area contributed by atoms with E-state index in [4.69, 9.17) is 10.6 Å². The Balaban J connectivity index is 1.94. The lowest BCUT2D eigenvalue weighted by molar-refractivity contribution is -0.138. The average molecular weight is 286 g/mol. The third-order valence-corrected chi connectivity index (χ3v) is 4.36. The van der Waals surface area contributed by atoms with E-state index in [1.165, 1.54) is 12.1 Å². The lowest BCUT2D eigenvalue weighted by Crippen LogP contribution is -2.38. The topological polar surface area (TPSA) is 47.3 Å². The Hall–Kier alpha value is -1.11. The number of ether oxygens (including phenoxy) is 1. The highest BCUT2D eigenvalue weighted by Gasteiger charge is 2.46. The number of hydrazine groups is 1. The molecule has 0 radical (unpaired) electrons. The molecule has 3 nitrogen and oxygen atoms in total. The second-order valence-corrected chi connectivity index (χ2v) is 5.50. The molecule has 20 heavy (non-hydrogen) atoms. The average Bonchev–Trinajstić information content (AvgIpc) is 3.02. The zero-order chi connectivity index (χ0) is 14.3. The highest BCUT2D eigenvalue weighted by atomic mass is 19.4. The molecule has 0 amide bonds. The number of alkyl halides is 3. The normalized spacial score (nSPS) is 30.7. The molecule has 1 aromatic rings. The van der Waals surface area contributed by atoms with Crippen LogP contribution in [0.4, 0.5) is 13.2 Å². The van der Waals surface area contributed by atoms with Gasteiger partial charge in [-0.15, -0.1) is 0 Å². The van der Waals surface area contributed by atoms with Gasteiger partial charge in [-0.1, -0.05) is 18.2 Å². The number of nitrogens with two attached hydrogens (primary N) is 1. The van der Waals surface area contributed by atoms with Gasteiger partial charge < -0.3 is 4.74 Å². The smallest absolute Gasteiger partial charge is 0.375 e. The lowest BCUT2D eigenvalue weighted by Gasteiger charge is -2.30. The van der Waals surface area contributed by atoms with E-state index in [0.717, 1.165) is 25.3 Å². The molecule has 3 rings (SSSR count). The Morgan fingerprint density at radius 3 is 2.55 bits per heavy atom. The maximum absolute atomic E-state index is 13.1. The van der Waals surface area contributed by atoms with E-state index in [-0.39, 0.29) is 23.7 Å². The van der Waals surface area contributed by atoms with Gasteiger partial charge in [0, 0.05) is 5.92 Å². The molecule has 0 spiro atoms. The van der Waals surface area contributed by atoms with E-state index in [1.807, 2.05) is 0 Å². The van der Waals surface area contributed by atoms with Crippen molar-refractivity contribution in [3.05, 3.63) is 35.4 Å².